The molecular formula is C15H19NO2. The standard InChI is InChI=1S/C15H19NO2/c1-13-6-2-3-8-15(13)18-11-5-9-16-12-14-7-4-10-17-14/h2-4,6-8,10,16H,5,9,11-12H2,1H3. The monoisotopic (exact) mass is 245 g/mol. The van der Waals surface area contributed by atoms with Crippen molar-refractivity contribution in [1.82, 2.24) is 5.32 Å². The van der Waals surface area contributed by atoms with Gasteiger partial charge in [-0.2, -0.15) is 0 Å². The topological polar surface area (TPSA) is 34.4 Å². The van der Waals surface area contributed by atoms with Crippen LogP contribution in [-0.4, -0.2) is 13.2 Å². The second kappa shape index (κ2) is 6.87. The highest BCUT2D eigenvalue weighted by atomic mass is 16.5. The summed E-state index contributed by atoms with van der Waals surface area (Å²) >= 11 is 0. The van der Waals surface area contributed by atoms with E-state index in [4.69, 9.17) is 9.15 Å². The van der Waals surface area contributed by atoms with Gasteiger partial charge in [-0.25, -0.2) is 0 Å². The summed E-state index contributed by atoms with van der Waals surface area (Å²) in [5.41, 5.74) is 1.18. The summed E-state index contributed by atoms with van der Waals surface area (Å²) in [6, 6.07) is 12.0. The lowest BCUT2D eigenvalue weighted by Gasteiger charge is -2.08. The number of furan rings is 1. The Labute approximate surface area is 108 Å². The van der Waals surface area contributed by atoms with Crippen LogP contribution in [0.4, 0.5) is 0 Å². The van der Waals surface area contributed by atoms with Crippen molar-refractivity contribution in [3.63, 3.8) is 0 Å². The maximum atomic E-state index is 5.71. The van der Waals surface area contributed by atoms with Crippen molar-refractivity contribution >= 4 is 0 Å². The van der Waals surface area contributed by atoms with E-state index < -0.39 is 0 Å². The van der Waals surface area contributed by atoms with Crippen molar-refractivity contribution < 1.29 is 9.15 Å². The Morgan fingerprint density at radius 1 is 1.17 bits per heavy atom. The molecule has 0 saturated carbocycles. The van der Waals surface area contributed by atoms with Gasteiger partial charge in [0, 0.05) is 0 Å². The lowest BCUT2D eigenvalue weighted by atomic mass is 10.2. The predicted molar refractivity (Wildman–Crippen MR) is 71.7 cm³/mol. The molecule has 1 N–H and O–H groups in total. The van der Waals surface area contributed by atoms with E-state index in [-0.39, 0.29) is 0 Å². The molecule has 0 aliphatic heterocycles. The number of nitrogens with one attached hydrogen (secondary N) is 1. The normalized spacial score (nSPS) is 10.5. The molecule has 1 heterocycles. The van der Waals surface area contributed by atoms with E-state index in [0.717, 1.165) is 37.6 Å². The van der Waals surface area contributed by atoms with Gasteiger partial charge in [-0.3, -0.25) is 0 Å². The molecule has 0 fully saturated rings. The maximum absolute atomic E-state index is 5.71. The van der Waals surface area contributed by atoms with Crippen LogP contribution in [0.3, 0.4) is 0 Å². The molecule has 3 nitrogen and oxygen atoms in total. The molecule has 0 spiro atoms. The molecule has 0 aliphatic rings. The zero-order valence-corrected chi connectivity index (χ0v) is 10.7. The first-order valence-electron chi connectivity index (χ1n) is 6.28. The van der Waals surface area contributed by atoms with Crippen LogP contribution < -0.4 is 10.1 Å². The van der Waals surface area contributed by atoms with Gasteiger partial charge in [0.25, 0.3) is 0 Å². The quantitative estimate of drug-likeness (QED) is 0.761. The smallest absolute Gasteiger partial charge is 0.122 e. The number of hydrogen-bond acceptors (Lipinski definition) is 3. The Balaban J connectivity index is 1.58. The van der Waals surface area contributed by atoms with Gasteiger partial charge in [0.05, 0.1) is 19.4 Å². The highest BCUT2D eigenvalue weighted by molar-refractivity contribution is 5.31. The highest BCUT2D eigenvalue weighted by Crippen LogP contribution is 2.15. The fourth-order valence-corrected chi connectivity index (χ4v) is 1.72. The van der Waals surface area contributed by atoms with E-state index in [1.165, 1.54) is 5.56 Å². The van der Waals surface area contributed by atoms with Crippen LogP contribution >= 0.6 is 0 Å². The van der Waals surface area contributed by atoms with Gasteiger partial charge in [-0.15, -0.1) is 0 Å². The second-order valence-corrected chi connectivity index (χ2v) is 4.22. The van der Waals surface area contributed by atoms with Crippen molar-refractivity contribution in [2.75, 3.05) is 13.2 Å². The fraction of sp³-hybridized carbons (Fsp3) is 0.333. The zero-order valence-electron chi connectivity index (χ0n) is 10.7. The first-order valence-corrected chi connectivity index (χ1v) is 6.28. The molecule has 18 heavy (non-hydrogen) atoms. The molecule has 0 bridgehead atoms. The van der Waals surface area contributed by atoms with Gasteiger partial charge in [0.2, 0.25) is 0 Å². The average Bonchev–Trinajstić information content (AvgIpc) is 2.89. The molecule has 0 unspecified atom stereocenters. The second-order valence-electron chi connectivity index (χ2n) is 4.22. The van der Waals surface area contributed by atoms with E-state index in [1.807, 2.05) is 30.3 Å². The van der Waals surface area contributed by atoms with Crippen LogP contribution in [0.1, 0.15) is 17.7 Å². The molecule has 0 radical (unpaired) electrons. The molecule has 2 aromatic rings. The molecule has 0 aliphatic carbocycles. The summed E-state index contributed by atoms with van der Waals surface area (Å²) < 4.78 is 10.9. The Kier molecular flexibility index (Phi) is 4.85. The number of hydrogen-bond donors (Lipinski definition) is 1. The van der Waals surface area contributed by atoms with E-state index in [0.29, 0.717) is 0 Å². The number of benzene rings is 1. The number of aryl methyl sites for hydroxylation is 1. The van der Waals surface area contributed by atoms with Crippen LogP contribution in [0.25, 0.3) is 0 Å². The minimum absolute atomic E-state index is 0.732. The summed E-state index contributed by atoms with van der Waals surface area (Å²) in [5.74, 6) is 1.94. The van der Waals surface area contributed by atoms with Crippen molar-refractivity contribution in [3.8, 4) is 5.75 Å². The fourth-order valence-electron chi connectivity index (χ4n) is 1.72. The van der Waals surface area contributed by atoms with E-state index in [1.54, 1.807) is 6.26 Å². The number of para-hydroxylation sites is 1. The van der Waals surface area contributed by atoms with Crippen molar-refractivity contribution in [1.29, 1.82) is 0 Å². The highest BCUT2D eigenvalue weighted by Gasteiger charge is 1.97. The van der Waals surface area contributed by atoms with Gasteiger partial charge in [0.15, 0.2) is 0 Å². The maximum Gasteiger partial charge on any atom is 0.122 e. The van der Waals surface area contributed by atoms with E-state index in [2.05, 4.69) is 18.3 Å². The molecule has 3 heteroatoms. The minimum Gasteiger partial charge on any atom is -0.493 e. The van der Waals surface area contributed by atoms with Crippen LogP contribution in [0.2, 0.25) is 0 Å². The Morgan fingerprint density at radius 3 is 2.83 bits per heavy atom. The Hall–Kier alpha value is -1.74. The average molecular weight is 245 g/mol. The van der Waals surface area contributed by atoms with Crippen LogP contribution in [0, 0.1) is 6.92 Å². The summed E-state index contributed by atoms with van der Waals surface area (Å²) in [7, 11) is 0. The molecule has 1 aromatic heterocycles. The Morgan fingerprint density at radius 2 is 2.06 bits per heavy atom. The predicted octanol–water partition coefficient (Wildman–Crippen LogP) is 3.15. The first-order chi connectivity index (χ1) is 8.86. The summed E-state index contributed by atoms with van der Waals surface area (Å²) in [5, 5.41) is 3.31. The lowest BCUT2D eigenvalue weighted by molar-refractivity contribution is 0.305. The third kappa shape index (κ3) is 3.93. The summed E-state index contributed by atoms with van der Waals surface area (Å²) in [6.45, 7) is 4.49. The molecule has 96 valence electrons. The van der Waals surface area contributed by atoms with E-state index in [9.17, 15) is 0 Å². The third-order valence-electron chi connectivity index (χ3n) is 2.73. The summed E-state index contributed by atoms with van der Waals surface area (Å²) in [4.78, 5) is 0. The van der Waals surface area contributed by atoms with Crippen molar-refractivity contribution in [3.05, 3.63) is 54.0 Å². The minimum atomic E-state index is 0.732. The number of ether oxygens (including phenoxy) is 1. The van der Waals surface area contributed by atoms with Crippen LogP contribution in [-0.2, 0) is 6.54 Å². The van der Waals surface area contributed by atoms with Crippen LogP contribution in [0.5, 0.6) is 5.75 Å². The van der Waals surface area contributed by atoms with Crippen molar-refractivity contribution in [2.24, 2.45) is 0 Å². The molecule has 1 aromatic carbocycles. The summed E-state index contributed by atoms with van der Waals surface area (Å²) in [6.07, 6.45) is 2.67. The first kappa shape index (κ1) is 12.7. The van der Waals surface area contributed by atoms with Gasteiger partial charge in [-0.05, 0) is 43.7 Å². The van der Waals surface area contributed by atoms with Gasteiger partial charge in [0.1, 0.15) is 11.5 Å². The van der Waals surface area contributed by atoms with E-state index >= 15 is 0 Å². The number of rotatable bonds is 7. The third-order valence-corrected chi connectivity index (χ3v) is 2.73. The van der Waals surface area contributed by atoms with Gasteiger partial charge in [-0.1, -0.05) is 18.2 Å². The SMILES string of the molecule is Cc1ccccc1OCCCNCc1ccco1. The molecule has 2 rings (SSSR count). The van der Waals surface area contributed by atoms with Gasteiger partial charge < -0.3 is 14.5 Å². The van der Waals surface area contributed by atoms with Gasteiger partial charge >= 0.3 is 0 Å². The largest absolute Gasteiger partial charge is 0.493 e. The zero-order chi connectivity index (χ0) is 12.6. The molecule has 0 atom stereocenters. The molecular weight excluding hydrogens is 226 g/mol. The van der Waals surface area contributed by atoms with Crippen molar-refractivity contribution in [2.45, 2.75) is 19.9 Å². The Bertz CT molecular complexity index is 451. The molecule has 0 saturated heterocycles. The molecule has 0 amide bonds. The van der Waals surface area contributed by atoms with Crippen LogP contribution in [0.15, 0.2) is 47.1 Å². The lowest BCUT2D eigenvalue weighted by Crippen LogP contribution is -2.16.